The summed E-state index contributed by atoms with van der Waals surface area (Å²) in [7, 11) is 0. The zero-order chi connectivity index (χ0) is 33.8. The minimum atomic E-state index is -0.0313. The summed E-state index contributed by atoms with van der Waals surface area (Å²) in [4.78, 5) is 11.2. The van der Waals surface area contributed by atoms with Crippen molar-refractivity contribution in [1.82, 2.24) is 18.8 Å². The Morgan fingerprint density at radius 1 is 0.451 bits per heavy atom. The third kappa shape index (κ3) is 2.55. The van der Waals surface area contributed by atoms with Crippen LogP contribution in [0.3, 0.4) is 0 Å². The Morgan fingerprint density at radius 2 is 0.843 bits per heavy atom. The lowest BCUT2D eigenvalue weighted by Crippen LogP contribution is -2.57. The molecule has 0 spiro atoms. The highest BCUT2D eigenvalue weighted by molar-refractivity contribution is 7.02. The Morgan fingerprint density at radius 3 is 1.25 bits per heavy atom. The van der Waals surface area contributed by atoms with Gasteiger partial charge in [-0.05, 0) is 77.4 Å². The number of hydrogen-bond donors (Lipinski definition) is 0. The molecule has 0 N–H and O–H groups in total. The Bertz CT molecular complexity index is 3430. The van der Waals surface area contributed by atoms with Crippen molar-refractivity contribution in [2.24, 2.45) is 0 Å². The molecule has 0 aliphatic carbocycles. The SMILES string of the molecule is CC(C)(C)c1cc2c3c(c1)nc1c4cccc5c6cccc7c8cccc9c8c8c(c67)c(c54)c(c4c8n5c9nc6cc(C(C)(C)C)cc(c65)B24)n13. The van der Waals surface area contributed by atoms with Crippen molar-refractivity contribution in [3.8, 4) is 0 Å². The number of rotatable bonds is 0. The van der Waals surface area contributed by atoms with Crippen LogP contribution in [0.25, 0.3) is 109 Å². The van der Waals surface area contributed by atoms with Crippen LogP contribution in [0, 0.1) is 0 Å². The average molecular weight is 651 g/mol. The lowest BCUT2D eigenvalue weighted by molar-refractivity contribution is 0.591. The summed E-state index contributed by atoms with van der Waals surface area (Å²) in [6.45, 7) is 14.1. The Balaban J connectivity index is 1.44. The van der Waals surface area contributed by atoms with Crippen LogP contribution in [0.1, 0.15) is 52.7 Å². The van der Waals surface area contributed by atoms with Gasteiger partial charge in [0, 0.05) is 37.7 Å². The lowest BCUT2D eigenvalue weighted by atomic mass is 9.34. The summed E-state index contributed by atoms with van der Waals surface area (Å²) >= 11 is 0. The molecule has 0 fully saturated rings. The molecule has 51 heavy (non-hydrogen) atoms. The molecular formula is C46H31BN4. The molecule has 4 nitrogen and oxygen atoms in total. The molecule has 0 radical (unpaired) electrons. The summed E-state index contributed by atoms with van der Waals surface area (Å²) in [5, 5.41) is 16.1. The molecule has 0 unspecified atom stereocenters. The number of pyridine rings is 2. The smallest absolute Gasteiger partial charge is 0.252 e. The third-order valence-corrected chi connectivity index (χ3v) is 13.1. The van der Waals surface area contributed by atoms with Crippen molar-refractivity contribution >= 4 is 132 Å². The van der Waals surface area contributed by atoms with Gasteiger partial charge in [-0.3, -0.25) is 8.80 Å². The standard InChI is InChI=1S/C46H31BN4/c1-45(2,3)20-16-28-39-30(18-20)48-43-26-14-8-12-24-22-10-7-11-23-25-13-9-15-27-34(25)37-35(32(22)23)36(33(24)26)41(50(39)43)38-42(37)51-40-29(47(28)38)17-21(46(4,5)6)19-31(40)49-44(27)51/h7-19H,1-6H3. The molecule has 0 saturated heterocycles. The first-order valence-electron chi connectivity index (χ1n) is 18.4. The molecule has 5 heteroatoms. The van der Waals surface area contributed by atoms with E-state index >= 15 is 0 Å². The average Bonchev–Trinajstić information content (AvgIpc) is 3.70. The molecule has 4 aromatic heterocycles. The maximum absolute atomic E-state index is 5.62. The first-order chi connectivity index (χ1) is 24.6. The number of benzene rings is 8. The van der Waals surface area contributed by atoms with Crippen LogP contribution < -0.4 is 16.4 Å². The molecule has 14 rings (SSSR count). The predicted molar refractivity (Wildman–Crippen MR) is 217 cm³/mol. The molecule has 0 amide bonds. The van der Waals surface area contributed by atoms with Gasteiger partial charge in [-0.1, -0.05) is 108 Å². The zero-order valence-electron chi connectivity index (χ0n) is 29.4. The molecule has 2 aliphatic heterocycles. The van der Waals surface area contributed by atoms with E-state index in [0.717, 1.165) is 22.3 Å². The largest absolute Gasteiger partial charge is 0.293 e. The highest BCUT2D eigenvalue weighted by Gasteiger charge is 2.43. The fraction of sp³-hybridized carbons (Fsp3) is 0.174. The van der Waals surface area contributed by atoms with Crippen LogP contribution in [0.15, 0.2) is 78.9 Å². The molecule has 12 aromatic rings. The number of fused-ring (bicyclic) bond motifs is 6. The molecule has 0 bridgehead atoms. The van der Waals surface area contributed by atoms with Gasteiger partial charge < -0.3 is 0 Å². The number of hydrogen-bond acceptors (Lipinski definition) is 2. The van der Waals surface area contributed by atoms with Crippen LogP contribution in [0.4, 0.5) is 0 Å². The topological polar surface area (TPSA) is 34.6 Å². The quantitative estimate of drug-likeness (QED) is 0.0932. The summed E-state index contributed by atoms with van der Waals surface area (Å²) in [6, 6.07) is 30.6. The van der Waals surface area contributed by atoms with Crippen molar-refractivity contribution in [2.45, 2.75) is 52.4 Å². The predicted octanol–water partition coefficient (Wildman–Crippen LogP) is 9.41. The molecule has 238 valence electrons. The van der Waals surface area contributed by atoms with Gasteiger partial charge in [0.25, 0.3) is 6.71 Å². The molecule has 8 aromatic carbocycles. The van der Waals surface area contributed by atoms with Crippen molar-refractivity contribution in [3.05, 3.63) is 90.0 Å². The van der Waals surface area contributed by atoms with Gasteiger partial charge in [0.15, 0.2) is 0 Å². The van der Waals surface area contributed by atoms with E-state index in [4.69, 9.17) is 9.97 Å². The van der Waals surface area contributed by atoms with Crippen molar-refractivity contribution in [2.75, 3.05) is 0 Å². The van der Waals surface area contributed by atoms with Gasteiger partial charge in [-0.25, -0.2) is 9.97 Å². The minimum Gasteiger partial charge on any atom is -0.293 e. The van der Waals surface area contributed by atoms with Crippen molar-refractivity contribution in [3.63, 3.8) is 0 Å². The Labute approximate surface area is 292 Å². The van der Waals surface area contributed by atoms with E-state index in [1.165, 1.54) is 114 Å². The third-order valence-electron chi connectivity index (χ3n) is 13.1. The fourth-order valence-electron chi connectivity index (χ4n) is 11.0. The van der Waals surface area contributed by atoms with Gasteiger partial charge in [0.2, 0.25) is 0 Å². The summed E-state index contributed by atoms with van der Waals surface area (Å²) < 4.78 is 5.16. The maximum atomic E-state index is 5.62. The van der Waals surface area contributed by atoms with Gasteiger partial charge >= 0.3 is 0 Å². The fourth-order valence-corrected chi connectivity index (χ4v) is 11.0. The summed E-state index contributed by atoms with van der Waals surface area (Å²) in [5.41, 5.74) is 16.3. The van der Waals surface area contributed by atoms with E-state index in [1.54, 1.807) is 0 Å². The Hall–Kier alpha value is -5.68. The van der Waals surface area contributed by atoms with Crippen LogP contribution in [-0.2, 0) is 10.8 Å². The van der Waals surface area contributed by atoms with E-state index in [0.29, 0.717) is 0 Å². The van der Waals surface area contributed by atoms with E-state index < -0.39 is 0 Å². The second-order valence-electron chi connectivity index (χ2n) is 17.8. The van der Waals surface area contributed by atoms with Crippen LogP contribution in [-0.4, -0.2) is 25.5 Å². The molecular weight excluding hydrogens is 619 g/mol. The van der Waals surface area contributed by atoms with Crippen molar-refractivity contribution in [1.29, 1.82) is 0 Å². The molecule has 2 aliphatic rings. The van der Waals surface area contributed by atoms with Crippen LogP contribution >= 0.6 is 0 Å². The van der Waals surface area contributed by atoms with Gasteiger partial charge in [0.1, 0.15) is 11.3 Å². The second-order valence-corrected chi connectivity index (χ2v) is 17.8. The van der Waals surface area contributed by atoms with Gasteiger partial charge in [0.05, 0.1) is 33.1 Å². The number of nitrogens with zero attached hydrogens (tertiary/aromatic N) is 4. The molecule has 0 atom stereocenters. The summed E-state index contributed by atoms with van der Waals surface area (Å²) in [5.74, 6) is 0. The highest BCUT2D eigenvalue weighted by Crippen LogP contribution is 2.53. The minimum absolute atomic E-state index is 0.0313. The van der Waals surface area contributed by atoms with Gasteiger partial charge in [-0.2, -0.15) is 0 Å². The number of aromatic nitrogens is 4. The Kier molecular flexibility index (Phi) is 3.85. The van der Waals surface area contributed by atoms with E-state index in [1.807, 2.05) is 0 Å². The normalized spacial score (nSPS) is 14.8. The lowest BCUT2D eigenvalue weighted by Gasteiger charge is -2.34. The first kappa shape index (κ1) is 26.2. The number of imidazole rings is 2. The first-order valence-corrected chi connectivity index (χ1v) is 18.4. The highest BCUT2D eigenvalue weighted by atomic mass is 15.1. The van der Waals surface area contributed by atoms with E-state index in [2.05, 4.69) is 129 Å². The van der Waals surface area contributed by atoms with Crippen LogP contribution in [0.2, 0.25) is 0 Å². The monoisotopic (exact) mass is 650 g/mol. The molecule has 6 heterocycles. The van der Waals surface area contributed by atoms with Crippen LogP contribution in [0.5, 0.6) is 0 Å². The van der Waals surface area contributed by atoms with E-state index in [-0.39, 0.29) is 17.5 Å². The van der Waals surface area contributed by atoms with E-state index in [9.17, 15) is 0 Å². The zero-order valence-corrected chi connectivity index (χ0v) is 29.4. The van der Waals surface area contributed by atoms with Crippen molar-refractivity contribution < 1.29 is 0 Å². The summed E-state index contributed by atoms with van der Waals surface area (Å²) in [6.07, 6.45) is 0. The molecule has 0 saturated carbocycles. The maximum Gasteiger partial charge on any atom is 0.252 e. The van der Waals surface area contributed by atoms with Gasteiger partial charge in [-0.15, -0.1) is 0 Å². The second kappa shape index (κ2) is 7.50.